The third kappa shape index (κ3) is 3.70. The second-order valence-corrected chi connectivity index (χ2v) is 6.74. The molecule has 3 aromatic rings. The number of amides is 1. The Kier molecular flexibility index (Phi) is 4.84. The van der Waals surface area contributed by atoms with Crippen molar-refractivity contribution in [2.24, 2.45) is 0 Å². The summed E-state index contributed by atoms with van der Waals surface area (Å²) in [5.74, 6) is 0.768. The van der Waals surface area contributed by atoms with Crippen LogP contribution in [0, 0.1) is 0 Å². The molecule has 1 amide bonds. The molecule has 1 aliphatic heterocycles. The Balaban J connectivity index is 1.35. The fourth-order valence-corrected chi connectivity index (χ4v) is 3.58. The van der Waals surface area contributed by atoms with Crippen molar-refractivity contribution < 1.29 is 14.1 Å². The average molecular weight is 347 g/mol. The van der Waals surface area contributed by atoms with Crippen LogP contribution in [0.4, 0.5) is 0 Å². The molecule has 2 heterocycles. The van der Waals surface area contributed by atoms with Gasteiger partial charge in [0, 0.05) is 11.6 Å². The van der Waals surface area contributed by atoms with Crippen LogP contribution in [0.25, 0.3) is 16.8 Å². The number of furan rings is 1. The van der Waals surface area contributed by atoms with Gasteiger partial charge in [-0.25, -0.2) is 0 Å². The molecule has 26 heavy (non-hydrogen) atoms. The Morgan fingerprint density at radius 2 is 1.85 bits per heavy atom. The minimum absolute atomic E-state index is 0.0608. The summed E-state index contributed by atoms with van der Waals surface area (Å²) in [6.07, 6.45) is 4.95. The lowest BCUT2D eigenvalue weighted by Crippen LogP contribution is -3.13. The van der Waals surface area contributed by atoms with E-state index in [0.29, 0.717) is 5.76 Å². The lowest BCUT2D eigenvalue weighted by atomic mass is 10.0. The molecule has 1 fully saturated rings. The highest BCUT2D eigenvalue weighted by molar-refractivity contribution is 5.91. The number of rotatable bonds is 4. The summed E-state index contributed by atoms with van der Waals surface area (Å²) in [7, 11) is 0. The Morgan fingerprint density at radius 3 is 2.65 bits per heavy atom. The van der Waals surface area contributed by atoms with E-state index in [0.717, 1.165) is 32.7 Å². The SMILES string of the molecule is O=C(/C=C/c1ccco1)N1CC[NH+](Cc2cccc3ccccc23)CC1. The Hall–Kier alpha value is -2.85. The van der Waals surface area contributed by atoms with Crippen LogP contribution in [0.3, 0.4) is 0 Å². The monoisotopic (exact) mass is 347 g/mol. The normalized spacial score (nSPS) is 15.8. The predicted molar refractivity (Wildman–Crippen MR) is 103 cm³/mol. The Labute approximate surface area is 153 Å². The minimum Gasteiger partial charge on any atom is -0.465 e. The molecule has 1 saturated heterocycles. The second kappa shape index (κ2) is 7.58. The molecule has 1 N–H and O–H groups in total. The zero-order valence-corrected chi connectivity index (χ0v) is 14.7. The van der Waals surface area contributed by atoms with Crippen LogP contribution in [-0.4, -0.2) is 37.0 Å². The van der Waals surface area contributed by atoms with Crippen LogP contribution >= 0.6 is 0 Å². The van der Waals surface area contributed by atoms with E-state index < -0.39 is 0 Å². The second-order valence-electron chi connectivity index (χ2n) is 6.74. The van der Waals surface area contributed by atoms with Crippen LogP contribution in [0.5, 0.6) is 0 Å². The van der Waals surface area contributed by atoms with E-state index in [1.54, 1.807) is 18.4 Å². The number of fused-ring (bicyclic) bond motifs is 1. The van der Waals surface area contributed by atoms with E-state index in [9.17, 15) is 4.79 Å². The zero-order chi connectivity index (χ0) is 17.8. The quantitative estimate of drug-likeness (QED) is 0.736. The first kappa shape index (κ1) is 16.6. The molecule has 4 rings (SSSR count). The summed E-state index contributed by atoms with van der Waals surface area (Å²) in [5.41, 5.74) is 1.38. The van der Waals surface area contributed by atoms with Gasteiger partial charge >= 0.3 is 0 Å². The van der Waals surface area contributed by atoms with Crippen molar-refractivity contribution in [3.05, 3.63) is 78.3 Å². The van der Waals surface area contributed by atoms with E-state index >= 15 is 0 Å². The lowest BCUT2D eigenvalue weighted by Gasteiger charge is -2.31. The van der Waals surface area contributed by atoms with E-state index in [4.69, 9.17) is 4.42 Å². The fraction of sp³-hybridized carbons (Fsp3) is 0.227. The van der Waals surface area contributed by atoms with Gasteiger partial charge in [-0.05, 0) is 29.0 Å². The topological polar surface area (TPSA) is 37.9 Å². The summed E-state index contributed by atoms with van der Waals surface area (Å²) in [6, 6.07) is 18.7. The third-order valence-electron chi connectivity index (χ3n) is 5.04. The fourth-order valence-electron chi connectivity index (χ4n) is 3.58. The molecule has 1 aliphatic rings. The maximum Gasteiger partial charge on any atom is 0.247 e. The van der Waals surface area contributed by atoms with Crippen molar-refractivity contribution in [2.45, 2.75) is 6.54 Å². The standard InChI is InChI=1S/C22H22N2O2/c25-22(11-10-20-8-4-16-26-20)24-14-12-23(13-15-24)17-19-7-3-6-18-5-1-2-9-21(18)19/h1-11,16H,12-15,17H2/p+1/b11-10+. The number of quaternary nitrogens is 1. The first-order valence-electron chi connectivity index (χ1n) is 9.10. The molecule has 0 spiro atoms. The molecule has 0 radical (unpaired) electrons. The number of carbonyl (C=O) groups excluding carboxylic acids is 1. The van der Waals surface area contributed by atoms with Crippen LogP contribution in [0.15, 0.2) is 71.4 Å². The molecule has 2 aromatic carbocycles. The van der Waals surface area contributed by atoms with Gasteiger partial charge in [-0.3, -0.25) is 4.79 Å². The van der Waals surface area contributed by atoms with Gasteiger partial charge in [0.05, 0.1) is 32.4 Å². The van der Waals surface area contributed by atoms with Crippen molar-refractivity contribution in [3.8, 4) is 0 Å². The summed E-state index contributed by atoms with van der Waals surface area (Å²) in [6.45, 7) is 4.54. The number of benzene rings is 2. The summed E-state index contributed by atoms with van der Waals surface area (Å²) >= 11 is 0. The van der Waals surface area contributed by atoms with Crippen LogP contribution in [0.2, 0.25) is 0 Å². The van der Waals surface area contributed by atoms with E-state index in [1.165, 1.54) is 21.2 Å². The van der Waals surface area contributed by atoms with E-state index in [-0.39, 0.29) is 5.91 Å². The predicted octanol–water partition coefficient (Wildman–Crippen LogP) is 2.37. The number of nitrogens with one attached hydrogen (secondary N) is 1. The van der Waals surface area contributed by atoms with Gasteiger partial charge in [0.1, 0.15) is 12.3 Å². The number of hydrogen-bond acceptors (Lipinski definition) is 2. The molecule has 1 aromatic heterocycles. The molecule has 0 atom stereocenters. The molecular weight excluding hydrogens is 324 g/mol. The van der Waals surface area contributed by atoms with Gasteiger partial charge in [-0.15, -0.1) is 0 Å². The molecule has 0 saturated carbocycles. The maximum atomic E-state index is 12.3. The van der Waals surface area contributed by atoms with Gasteiger partial charge in [0.25, 0.3) is 0 Å². The van der Waals surface area contributed by atoms with Crippen molar-refractivity contribution in [3.63, 3.8) is 0 Å². The molecule has 0 aliphatic carbocycles. The highest BCUT2D eigenvalue weighted by Gasteiger charge is 2.22. The van der Waals surface area contributed by atoms with Crippen molar-refractivity contribution in [2.75, 3.05) is 26.2 Å². The van der Waals surface area contributed by atoms with Gasteiger partial charge in [0.15, 0.2) is 0 Å². The van der Waals surface area contributed by atoms with Gasteiger partial charge in [0.2, 0.25) is 5.91 Å². The number of piperazine rings is 1. The molecular formula is C22H23N2O2+. The van der Waals surface area contributed by atoms with Gasteiger partial charge in [-0.1, -0.05) is 42.5 Å². The first-order chi connectivity index (χ1) is 12.8. The smallest absolute Gasteiger partial charge is 0.247 e. The first-order valence-corrected chi connectivity index (χ1v) is 9.10. The van der Waals surface area contributed by atoms with Gasteiger partial charge in [-0.2, -0.15) is 0 Å². The Bertz CT molecular complexity index is 902. The number of carbonyl (C=O) groups is 1. The number of hydrogen-bond donors (Lipinski definition) is 1. The molecule has 0 unspecified atom stereocenters. The molecule has 0 bridgehead atoms. The summed E-state index contributed by atoms with van der Waals surface area (Å²) in [5, 5.41) is 2.63. The van der Waals surface area contributed by atoms with E-state index in [1.807, 2.05) is 17.0 Å². The molecule has 4 heteroatoms. The minimum atomic E-state index is 0.0608. The largest absolute Gasteiger partial charge is 0.465 e. The highest BCUT2D eigenvalue weighted by Crippen LogP contribution is 2.17. The molecule has 132 valence electrons. The van der Waals surface area contributed by atoms with Gasteiger partial charge < -0.3 is 14.2 Å². The lowest BCUT2D eigenvalue weighted by molar-refractivity contribution is -0.917. The van der Waals surface area contributed by atoms with Crippen molar-refractivity contribution >= 4 is 22.8 Å². The molecule has 4 nitrogen and oxygen atoms in total. The highest BCUT2D eigenvalue weighted by atomic mass is 16.3. The van der Waals surface area contributed by atoms with E-state index in [2.05, 4.69) is 42.5 Å². The zero-order valence-electron chi connectivity index (χ0n) is 14.7. The van der Waals surface area contributed by atoms with Crippen LogP contribution < -0.4 is 4.90 Å². The Morgan fingerprint density at radius 1 is 1.04 bits per heavy atom. The van der Waals surface area contributed by atoms with Crippen molar-refractivity contribution in [1.29, 1.82) is 0 Å². The summed E-state index contributed by atoms with van der Waals surface area (Å²) in [4.78, 5) is 15.8. The maximum absolute atomic E-state index is 12.3. The van der Waals surface area contributed by atoms with Crippen LogP contribution in [0.1, 0.15) is 11.3 Å². The van der Waals surface area contributed by atoms with Crippen LogP contribution in [-0.2, 0) is 11.3 Å². The number of nitrogens with zero attached hydrogens (tertiary/aromatic N) is 1. The third-order valence-corrected chi connectivity index (χ3v) is 5.04. The average Bonchev–Trinajstić information content (AvgIpc) is 3.21. The summed E-state index contributed by atoms with van der Waals surface area (Å²) < 4.78 is 5.23. The van der Waals surface area contributed by atoms with Crippen molar-refractivity contribution in [1.82, 2.24) is 4.90 Å².